The molecule has 22 heavy (non-hydrogen) atoms. The van der Waals surface area contributed by atoms with Gasteiger partial charge in [0, 0.05) is 37.4 Å². The van der Waals surface area contributed by atoms with E-state index < -0.39 is 0 Å². The third-order valence-corrected chi connectivity index (χ3v) is 4.31. The number of aromatic nitrogens is 2. The minimum absolute atomic E-state index is 0.130. The fraction of sp³-hybridized carbons (Fsp3) is 0.812. The molecule has 126 valence electrons. The molecule has 1 aromatic heterocycles. The molecule has 2 heterocycles. The minimum atomic E-state index is 0.130. The number of aryl methyl sites for hydroxylation is 1. The summed E-state index contributed by atoms with van der Waals surface area (Å²) in [5.74, 6) is 0.617. The first-order chi connectivity index (χ1) is 10.6. The lowest BCUT2D eigenvalue weighted by atomic mass is 10.1. The van der Waals surface area contributed by atoms with E-state index in [1.807, 2.05) is 11.6 Å². The van der Waals surface area contributed by atoms with Crippen molar-refractivity contribution >= 4 is 0 Å². The van der Waals surface area contributed by atoms with E-state index in [2.05, 4.69) is 29.2 Å². The lowest BCUT2D eigenvalue weighted by Gasteiger charge is -2.29. The van der Waals surface area contributed by atoms with Crippen LogP contribution in [-0.4, -0.2) is 65.8 Å². The molecule has 0 aromatic carbocycles. The summed E-state index contributed by atoms with van der Waals surface area (Å²) < 4.78 is 7.28. The van der Waals surface area contributed by atoms with Gasteiger partial charge in [0.25, 0.3) is 0 Å². The minimum Gasteiger partial charge on any atom is -0.394 e. The average Bonchev–Trinajstić information content (AvgIpc) is 2.76. The molecule has 1 unspecified atom stereocenters. The van der Waals surface area contributed by atoms with Crippen LogP contribution < -0.4 is 5.32 Å². The maximum atomic E-state index is 9.06. The van der Waals surface area contributed by atoms with Crippen molar-refractivity contribution in [3.05, 3.63) is 17.0 Å². The maximum Gasteiger partial charge on any atom is 0.0644 e. The van der Waals surface area contributed by atoms with Gasteiger partial charge in [0.05, 0.1) is 32.1 Å². The molecule has 0 spiro atoms. The topological polar surface area (TPSA) is 62.5 Å². The Morgan fingerprint density at radius 3 is 2.73 bits per heavy atom. The summed E-state index contributed by atoms with van der Waals surface area (Å²) in [5.41, 5.74) is 3.46. The molecule has 2 rings (SSSR count). The van der Waals surface area contributed by atoms with Gasteiger partial charge in [-0.1, -0.05) is 6.92 Å². The summed E-state index contributed by atoms with van der Waals surface area (Å²) in [7, 11) is 0. The van der Waals surface area contributed by atoms with E-state index in [0.717, 1.165) is 57.3 Å². The number of morpholine rings is 1. The zero-order valence-electron chi connectivity index (χ0n) is 14.1. The lowest BCUT2D eigenvalue weighted by molar-refractivity contribution is 0.0318. The fourth-order valence-electron chi connectivity index (χ4n) is 3.03. The van der Waals surface area contributed by atoms with Crippen molar-refractivity contribution < 1.29 is 9.84 Å². The Labute approximate surface area is 133 Å². The first kappa shape index (κ1) is 17.4. The summed E-state index contributed by atoms with van der Waals surface area (Å²) in [4.78, 5) is 2.48. The van der Waals surface area contributed by atoms with Gasteiger partial charge in [0.2, 0.25) is 0 Å². The van der Waals surface area contributed by atoms with Crippen LogP contribution in [0.25, 0.3) is 0 Å². The van der Waals surface area contributed by atoms with Crippen LogP contribution in [0.15, 0.2) is 0 Å². The second-order valence-electron chi connectivity index (χ2n) is 6.25. The van der Waals surface area contributed by atoms with Gasteiger partial charge >= 0.3 is 0 Å². The molecule has 1 aliphatic rings. The summed E-state index contributed by atoms with van der Waals surface area (Å²) >= 11 is 0. The van der Waals surface area contributed by atoms with Gasteiger partial charge in [-0.05, 0) is 26.3 Å². The van der Waals surface area contributed by atoms with Gasteiger partial charge in [0.1, 0.15) is 0 Å². The fourth-order valence-corrected chi connectivity index (χ4v) is 3.03. The molecule has 6 heteroatoms. The van der Waals surface area contributed by atoms with Gasteiger partial charge in [0.15, 0.2) is 0 Å². The van der Waals surface area contributed by atoms with E-state index in [0.29, 0.717) is 12.5 Å². The van der Waals surface area contributed by atoms with Crippen LogP contribution in [-0.2, 0) is 17.8 Å². The number of aliphatic hydroxyl groups is 1. The van der Waals surface area contributed by atoms with Gasteiger partial charge in [-0.25, -0.2) is 0 Å². The lowest BCUT2D eigenvalue weighted by Crippen LogP contribution is -2.40. The second kappa shape index (κ2) is 8.62. The Morgan fingerprint density at radius 2 is 2.05 bits per heavy atom. The molecular weight excluding hydrogens is 280 g/mol. The number of nitrogens with one attached hydrogen (secondary N) is 1. The van der Waals surface area contributed by atoms with Crippen molar-refractivity contribution in [3.63, 3.8) is 0 Å². The quantitative estimate of drug-likeness (QED) is 0.734. The highest BCUT2D eigenvalue weighted by Gasteiger charge is 2.14. The predicted octanol–water partition coefficient (Wildman–Crippen LogP) is 0.550. The van der Waals surface area contributed by atoms with E-state index in [4.69, 9.17) is 9.84 Å². The van der Waals surface area contributed by atoms with Crippen LogP contribution in [0.5, 0.6) is 0 Å². The van der Waals surface area contributed by atoms with Crippen molar-refractivity contribution in [3.8, 4) is 0 Å². The van der Waals surface area contributed by atoms with E-state index in [1.54, 1.807) is 0 Å². The normalized spacial score (nSPS) is 17.8. The average molecular weight is 310 g/mol. The largest absolute Gasteiger partial charge is 0.394 e. The zero-order chi connectivity index (χ0) is 15.9. The molecule has 0 aliphatic carbocycles. The van der Waals surface area contributed by atoms with Crippen molar-refractivity contribution in [1.29, 1.82) is 0 Å². The summed E-state index contributed by atoms with van der Waals surface area (Å²) in [6, 6.07) is 0. The number of ether oxygens (including phenoxy) is 1. The van der Waals surface area contributed by atoms with Crippen molar-refractivity contribution in [2.24, 2.45) is 5.92 Å². The number of aliphatic hydroxyl groups excluding tert-OH is 1. The van der Waals surface area contributed by atoms with E-state index in [9.17, 15) is 0 Å². The van der Waals surface area contributed by atoms with Crippen LogP contribution in [0.3, 0.4) is 0 Å². The highest BCUT2D eigenvalue weighted by atomic mass is 16.5. The molecule has 1 atom stereocenters. The van der Waals surface area contributed by atoms with Crippen LogP contribution in [0.4, 0.5) is 0 Å². The molecule has 1 fully saturated rings. The Bertz CT molecular complexity index is 455. The number of nitrogens with zero attached hydrogens (tertiary/aromatic N) is 3. The molecule has 1 aliphatic heterocycles. The van der Waals surface area contributed by atoms with E-state index >= 15 is 0 Å². The number of hydrogen-bond acceptors (Lipinski definition) is 5. The van der Waals surface area contributed by atoms with Gasteiger partial charge in [-0.15, -0.1) is 0 Å². The third kappa shape index (κ3) is 4.78. The summed E-state index contributed by atoms with van der Waals surface area (Å²) in [6.07, 6.45) is 0. The van der Waals surface area contributed by atoms with E-state index in [1.165, 1.54) is 5.56 Å². The van der Waals surface area contributed by atoms with Gasteiger partial charge in [-0.3, -0.25) is 9.58 Å². The number of hydrogen-bond donors (Lipinski definition) is 2. The standard InChI is InChI=1S/C16H30N4O2/c1-13(12-19-5-8-22-9-6-19)10-17-11-16-14(2)18-20(4-7-21)15(16)3/h13,17,21H,4-12H2,1-3H3. The third-order valence-electron chi connectivity index (χ3n) is 4.31. The second-order valence-corrected chi connectivity index (χ2v) is 6.25. The van der Waals surface area contributed by atoms with Gasteiger partial charge in [-0.2, -0.15) is 5.10 Å². The predicted molar refractivity (Wildman–Crippen MR) is 86.9 cm³/mol. The molecule has 1 aromatic rings. The Balaban J connectivity index is 1.75. The van der Waals surface area contributed by atoms with Crippen LogP contribution in [0.2, 0.25) is 0 Å². The highest BCUT2D eigenvalue weighted by molar-refractivity contribution is 5.24. The smallest absolute Gasteiger partial charge is 0.0644 e. The molecule has 2 N–H and O–H groups in total. The Hall–Kier alpha value is -0.950. The highest BCUT2D eigenvalue weighted by Crippen LogP contribution is 2.13. The first-order valence-electron chi connectivity index (χ1n) is 8.26. The maximum absolute atomic E-state index is 9.06. The Morgan fingerprint density at radius 1 is 1.32 bits per heavy atom. The van der Waals surface area contributed by atoms with Gasteiger partial charge < -0.3 is 15.2 Å². The van der Waals surface area contributed by atoms with Crippen molar-refractivity contribution in [2.75, 3.05) is 46.0 Å². The molecule has 0 saturated carbocycles. The van der Waals surface area contributed by atoms with Crippen molar-refractivity contribution in [2.45, 2.75) is 33.9 Å². The molecule has 1 saturated heterocycles. The van der Waals surface area contributed by atoms with E-state index in [-0.39, 0.29) is 6.61 Å². The molecular formula is C16H30N4O2. The SMILES string of the molecule is Cc1nn(CCO)c(C)c1CNCC(C)CN1CCOCC1. The first-order valence-corrected chi connectivity index (χ1v) is 8.26. The van der Waals surface area contributed by atoms with Crippen LogP contribution in [0.1, 0.15) is 23.9 Å². The van der Waals surface area contributed by atoms with Crippen LogP contribution >= 0.6 is 0 Å². The number of rotatable bonds is 8. The summed E-state index contributed by atoms with van der Waals surface area (Å²) in [5, 5.41) is 17.1. The molecule has 6 nitrogen and oxygen atoms in total. The monoisotopic (exact) mass is 310 g/mol. The Kier molecular flexibility index (Phi) is 6.82. The molecule has 0 bridgehead atoms. The van der Waals surface area contributed by atoms with Crippen molar-refractivity contribution in [1.82, 2.24) is 20.0 Å². The zero-order valence-corrected chi connectivity index (χ0v) is 14.1. The summed E-state index contributed by atoms with van der Waals surface area (Å²) in [6.45, 7) is 13.9. The van der Waals surface area contributed by atoms with Crippen LogP contribution in [0, 0.1) is 19.8 Å². The molecule has 0 radical (unpaired) electrons. The molecule has 0 amide bonds.